The molecule has 0 nitrogen and oxygen atoms in total. The molecule has 8 heavy (non-hydrogen) atoms. The fraction of sp³-hybridized carbons (Fsp3) is 0. The summed E-state index contributed by atoms with van der Waals surface area (Å²) >= 11 is 10.1. The fourth-order valence-electron chi connectivity index (χ4n) is 0.419. The molecular weight excluding hydrogens is 166 g/mol. The van der Waals surface area contributed by atoms with Crippen LogP contribution in [0.15, 0.2) is 24.3 Å². The molecule has 0 aliphatic rings. The van der Waals surface area contributed by atoms with Gasteiger partial charge in [0, 0.05) is 0 Å². The number of hydrogen-bond acceptors (Lipinski definition) is 0. The molecule has 0 radical (unpaired) electrons. The Morgan fingerprint density at radius 3 is 2.00 bits per heavy atom. The molecule has 1 rings (SSSR count). The number of rotatable bonds is 0. The molecule has 0 bridgehead atoms. The van der Waals surface area contributed by atoms with Crippen LogP contribution >= 0.6 is 11.6 Å². The molecule has 0 atom stereocenters. The maximum absolute atomic E-state index is 5.57. The van der Waals surface area contributed by atoms with Gasteiger partial charge in [0.15, 0.2) is 0 Å². The van der Waals surface area contributed by atoms with Gasteiger partial charge in [-0.15, -0.1) is 0 Å². The average molecular weight is 170 g/mol. The predicted molar refractivity (Wildman–Crippen MR) is 31.1 cm³/mol. The first-order valence-electron chi connectivity index (χ1n) is 2.17. The van der Waals surface area contributed by atoms with Crippen LogP contribution in [0.25, 0.3) is 0 Å². The van der Waals surface area contributed by atoms with Gasteiger partial charge in [-0.1, -0.05) is 0 Å². The van der Waals surface area contributed by atoms with E-state index in [2.05, 4.69) is 15.5 Å². The van der Waals surface area contributed by atoms with Crippen molar-refractivity contribution >= 4 is 16.1 Å². The molecule has 0 N–H and O–H groups in total. The average Bonchev–Trinajstić information content (AvgIpc) is 1.77. The summed E-state index contributed by atoms with van der Waals surface area (Å²) in [5.41, 5.74) is 0. The first-order valence-corrected chi connectivity index (χ1v) is 3.04. The van der Waals surface area contributed by atoms with Crippen LogP contribution in [0.5, 0.6) is 0 Å². The van der Waals surface area contributed by atoms with E-state index in [1.54, 1.807) is 12.1 Å². The van der Waals surface area contributed by atoms with Gasteiger partial charge in [-0.3, -0.25) is 0 Å². The van der Waals surface area contributed by atoms with Gasteiger partial charge < -0.3 is 0 Å². The minimum absolute atomic E-state index is 0.741. The van der Waals surface area contributed by atoms with Crippen LogP contribution in [-0.2, 0) is 15.5 Å². The van der Waals surface area contributed by atoms with Crippen LogP contribution in [0.1, 0.15) is 0 Å². The van der Waals surface area contributed by atoms with Crippen LogP contribution in [0.4, 0.5) is 0 Å². The Bertz CT molecular complexity index is 147. The van der Waals surface area contributed by atoms with Gasteiger partial charge >= 0.3 is 60.9 Å². The normalized spacial score (nSPS) is 9.38. The quantitative estimate of drug-likeness (QED) is 0.518. The molecule has 0 saturated heterocycles. The molecule has 0 unspecified atom stereocenters. The maximum atomic E-state index is 5.57. The van der Waals surface area contributed by atoms with E-state index in [9.17, 15) is 0 Å². The zero-order chi connectivity index (χ0) is 5.98. The molecule has 0 spiro atoms. The fourth-order valence-corrected chi connectivity index (χ4v) is 0.710. The van der Waals surface area contributed by atoms with Crippen molar-refractivity contribution in [1.29, 1.82) is 0 Å². The molecule has 2 heteroatoms. The Kier molecular flexibility index (Phi) is 1.93. The third-order valence-corrected chi connectivity index (χ3v) is 1.36. The van der Waals surface area contributed by atoms with Gasteiger partial charge in [0.05, 0.1) is 0 Å². The van der Waals surface area contributed by atoms with Crippen molar-refractivity contribution in [2.24, 2.45) is 0 Å². The summed E-state index contributed by atoms with van der Waals surface area (Å²) in [6.07, 6.45) is 0. The van der Waals surface area contributed by atoms with E-state index in [4.69, 9.17) is 11.6 Å². The Morgan fingerprint density at radius 1 is 1.12 bits per heavy atom. The molecule has 0 heterocycles. The molecule has 1 aromatic carbocycles. The Morgan fingerprint density at radius 2 is 1.62 bits per heavy atom. The summed E-state index contributed by atoms with van der Waals surface area (Å²) in [7, 11) is 0. The van der Waals surface area contributed by atoms with Gasteiger partial charge in [0.25, 0.3) is 0 Å². The van der Waals surface area contributed by atoms with Crippen LogP contribution in [0.3, 0.4) is 0 Å². The van der Waals surface area contributed by atoms with Crippen molar-refractivity contribution in [3.8, 4) is 0 Å². The van der Waals surface area contributed by atoms with Crippen molar-refractivity contribution < 1.29 is 15.5 Å². The minimum atomic E-state index is 0.741. The summed E-state index contributed by atoms with van der Waals surface area (Å²) in [6.45, 7) is 0. The Balaban J connectivity index is 3.03. The third kappa shape index (κ3) is 1.50. The summed E-state index contributed by atoms with van der Waals surface area (Å²) in [5, 5.41) is 0.741. The summed E-state index contributed by atoms with van der Waals surface area (Å²) in [6, 6.07) is 7.23. The first-order chi connectivity index (χ1) is 3.79. The second kappa shape index (κ2) is 2.52. The van der Waals surface area contributed by atoms with Crippen molar-refractivity contribution in [2.75, 3.05) is 0 Å². The van der Waals surface area contributed by atoms with E-state index >= 15 is 0 Å². The van der Waals surface area contributed by atoms with Gasteiger partial charge in [-0.05, 0) is 0 Å². The van der Waals surface area contributed by atoms with E-state index in [1.807, 2.05) is 12.1 Å². The molecular formula is C6H4ClNi. The number of hydrogen-bond donors (Lipinski definition) is 0. The monoisotopic (exact) mass is 169 g/mol. The molecule has 0 amide bonds. The van der Waals surface area contributed by atoms with Gasteiger partial charge in [-0.2, -0.15) is 0 Å². The van der Waals surface area contributed by atoms with Crippen LogP contribution in [-0.4, -0.2) is 0 Å². The van der Waals surface area contributed by atoms with Crippen LogP contribution < -0.4 is 4.53 Å². The van der Waals surface area contributed by atoms with E-state index in [0.717, 1.165) is 9.56 Å². The second-order valence-electron chi connectivity index (χ2n) is 1.40. The van der Waals surface area contributed by atoms with Gasteiger partial charge in [0.2, 0.25) is 0 Å². The van der Waals surface area contributed by atoms with Crippen LogP contribution in [0, 0.1) is 0 Å². The predicted octanol–water partition coefficient (Wildman–Crippen LogP) is 1.51. The third-order valence-electron chi connectivity index (χ3n) is 0.783. The molecule has 1 aromatic rings. The second-order valence-corrected chi connectivity index (χ2v) is 2.41. The zero-order valence-corrected chi connectivity index (χ0v) is 5.75. The molecule has 0 aliphatic carbocycles. The SMILES string of the molecule is Clc1cc[c]([Ni])cc1. The number of halogens is 1. The summed E-state index contributed by atoms with van der Waals surface area (Å²) in [4.78, 5) is 0. The summed E-state index contributed by atoms with van der Waals surface area (Å²) < 4.78 is 0.870. The topological polar surface area (TPSA) is 0 Å². The zero-order valence-electron chi connectivity index (χ0n) is 4.00. The summed E-state index contributed by atoms with van der Waals surface area (Å²) in [5.74, 6) is 0. The van der Waals surface area contributed by atoms with Crippen molar-refractivity contribution in [2.45, 2.75) is 0 Å². The molecule has 45 valence electrons. The Hall–Kier alpha value is 0.00351. The first kappa shape index (κ1) is 6.13. The van der Waals surface area contributed by atoms with E-state index in [1.165, 1.54) is 0 Å². The van der Waals surface area contributed by atoms with Crippen LogP contribution in [0.2, 0.25) is 5.02 Å². The van der Waals surface area contributed by atoms with Crippen molar-refractivity contribution in [3.63, 3.8) is 0 Å². The van der Waals surface area contributed by atoms with Crippen molar-refractivity contribution in [1.82, 2.24) is 0 Å². The van der Waals surface area contributed by atoms with E-state index < -0.39 is 0 Å². The molecule has 0 fully saturated rings. The van der Waals surface area contributed by atoms with Gasteiger partial charge in [0.1, 0.15) is 0 Å². The molecule has 0 aromatic heterocycles. The van der Waals surface area contributed by atoms with Crippen molar-refractivity contribution in [3.05, 3.63) is 29.3 Å². The van der Waals surface area contributed by atoms with E-state index in [0.29, 0.717) is 0 Å². The van der Waals surface area contributed by atoms with Gasteiger partial charge in [-0.25, -0.2) is 0 Å². The molecule has 0 aliphatic heterocycles. The standard InChI is InChI=1S/C6H4Cl.Ni/c7-6-4-2-1-3-5-6;/h2-5H;. The van der Waals surface area contributed by atoms with E-state index in [-0.39, 0.29) is 0 Å². The molecule has 0 saturated carbocycles. The Labute approximate surface area is 61.2 Å². The number of benzene rings is 1.